The maximum atomic E-state index is 10.1. The van der Waals surface area contributed by atoms with E-state index in [0.29, 0.717) is 18.0 Å². The van der Waals surface area contributed by atoms with Gasteiger partial charge in [-0.05, 0) is 6.07 Å². The van der Waals surface area contributed by atoms with Crippen LogP contribution in [0.1, 0.15) is 0 Å². The minimum absolute atomic E-state index is 0.0129. The highest BCUT2D eigenvalue weighted by molar-refractivity contribution is 5.69. The first-order valence-electron chi connectivity index (χ1n) is 4.34. The third-order valence-electron chi connectivity index (χ3n) is 1.59. The van der Waals surface area contributed by atoms with Crippen LogP contribution in [0.5, 0.6) is 5.75 Å². The van der Waals surface area contributed by atoms with E-state index >= 15 is 0 Å². The number of pyridine rings is 1. The number of aromatic nitrogens is 1. The smallest absolute Gasteiger partial charge is 0.212 e. The lowest BCUT2D eigenvalue weighted by atomic mass is 10.4. The zero-order valence-electron chi connectivity index (χ0n) is 7.96. The Balaban J connectivity index is 2.53. The predicted octanol–water partition coefficient (Wildman–Crippen LogP) is -0.618. The second-order valence-electron chi connectivity index (χ2n) is 2.79. The summed E-state index contributed by atoms with van der Waals surface area (Å²) in [4.78, 5) is 14.0. The molecule has 1 aromatic heterocycles. The highest BCUT2D eigenvalue weighted by Gasteiger charge is 2.03. The molecule has 1 atom stereocenters. The molecule has 0 saturated carbocycles. The molecule has 82 valence electrons. The summed E-state index contributed by atoms with van der Waals surface area (Å²) in [6, 6.07) is 3.10. The van der Waals surface area contributed by atoms with Gasteiger partial charge in [-0.2, -0.15) is 0 Å². The van der Waals surface area contributed by atoms with Crippen molar-refractivity contribution in [3.63, 3.8) is 0 Å². The molecule has 6 nitrogen and oxygen atoms in total. The van der Waals surface area contributed by atoms with Crippen molar-refractivity contribution >= 4 is 12.2 Å². The normalized spacial score (nSPS) is 11.9. The van der Waals surface area contributed by atoms with Gasteiger partial charge in [-0.15, -0.1) is 0 Å². The predicted molar refractivity (Wildman–Crippen MR) is 52.5 cm³/mol. The molecule has 0 saturated heterocycles. The van der Waals surface area contributed by atoms with E-state index in [-0.39, 0.29) is 13.2 Å². The largest absolute Gasteiger partial charge is 0.491 e. The van der Waals surface area contributed by atoms with Crippen molar-refractivity contribution in [1.29, 1.82) is 0 Å². The number of carbonyl (C=O) groups excluding carboxylic acids is 1. The Morgan fingerprint density at radius 2 is 2.47 bits per heavy atom. The molecule has 0 aliphatic carbocycles. The number of carbonyl (C=O) groups is 1. The van der Waals surface area contributed by atoms with Crippen molar-refractivity contribution in [2.24, 2.45) is 0 Å². The van der Waals surface area contributed by atoms with E-state index < -0.39 is 6.10 Å². The average molecular weight is 212 g/mol. The molecule has 1 aromatic rings. The molecule has 1 heterocycles. The van der Waals surface area contributed by atoms with Crippen LogP contribution in [-0.4, -0.2) is 40.9 Å². The maximum Gasteiger partial charge on any atom is 0.212 e. The molecule has 0 aliphatic rings. The van der Waals surface area contributed by atoms with Gasteiger partial charge in [0.25, 0.3) is 0 Å². The average Bonchev–Trinajstić information content (AvgIpc) is 2.27. The lowest BCUT2D eigenvalue weighted by molar-refractivity contribution is -0.105. The summed E-state index contributed by atoms with van der Waals surface area (Å²) < 4.78 is 5.14. The Morgan fingerprint density at radius 3 is 3.13 bits per heavy atom. The van der Waals surface area contributed by atoms with Crippen LogP contribution in [-0.2, 0) is 4.79 Å². The number of nitrogens with one attached hydrogen (secondary N) is 1. The minimum atomic E-state index is -0.916. The Labute approximate surface area is 86.5 Å². The van der Waals surface area contributed by atoms with Crippen molar-refractivity contribution in [2.45, 2.75) is 6.10 Å². The van der Waals surface area contributed by atoms with Gasteiger partial charge in [-0.3, -0.25) is 4.79 Å². The van der Waals surface area contributed by atoms with Crippen molar-refractivity contribution < 1.29 is 19.7 Å². The minimum Gasteiger partial charge on any atom is -0.491 e. The number of anilines is 1. The van der Waals surface area contributed by atoms with Crippen LogP contribution in [0, 0.1) is 0 Å². The summed E-state index contributed by atoms with van der Waals surface area (Å²) >= 11 is 0. The monoisotopic (exact) mass is 212 g/mol. The second kappa shape index (κ2) is 5.94. The quantitative estimate of drug-likeness (QED) is 0.547. The van der Waals surface area contributed by atoms with Gasteiger partial charge >= 0.3 is 0 Å². The summed E-state index contributed by atoms with van der Waals surface area (Å²) in [5.41, 5.74) is 0. The molecular formula is C9H12N2O4. The van der Waals surface area contributed by atoms with Crippen LogP contribution in [0.25, 0.3) is 0 Å². The Kier molecular flexibility index (Phi) is 4.52. The summed E-state index contributed by atoms with van der Waals surface area (Å²) in [5, 5.41) is 19.9. The summed E-state index contributed by atoms with van der Waals surface area (Å²) in [6.07, 6.45) is 1.06. The third kappa shape index (κ3) is 3.92. The fraction of sp³-hybridized carbons (Fsp3) is 0.333. The number of aliphatic hydroxyl groups excluding tert-OH is 2. The number of hydrogen-bond donors (Lipinski definition) is 3. The van der Waals surface area contributed by atoms with Crippen LogP contribution < -0.4 is 10.1 Å². The van der Waals surface area contributed by atoms with E-state index in [9.17, 15) is 4.79 Å². The zero-order valence-corrected chi connectivity index (χ0v) is 7.96. The Hall–Kier alpha value is -1.66. The van der Waals surface area contributed by atoms with Crippen LogP contribution in [0.3, 0.4) is 0 Å². The highest BCUT2D eigenvalue weighted by atomic mass is 16.5. The van der Waals surface area contributed by atoms with E-state index in [1.165, 1.54) is 12.3 Å². The number of hydrogen-bond acceptors (Lipinski definition) is 5. The zero-order chi connectivity index (χ0) is 11.1. The first-order chi connectivity index (χ1) is 7.26. The van der Waals surface area contributed by atoms with E-state index in [1.807, 2.05) is 0 Å². The molecule has 0 spiro atoms. The summed E-state index contributed by atoms with van der Waals surface area (Å²) in [5.74, 6) is 0.822. The molecular weight excluding hydrogens is 200 g/mol. The molecule has 0 radical (unpaired) electrons. The second-order valence-corrected chi connectivity index (χ2v) is 2.79. The molecule has 15 heavy (non-hydrogen) atoms. The number of rotatable bonds is 6. The fourth-order valence-corrected chi connectivity index (χ4v) is 0.885. The first-order valence-corrected chi connectivity index (χ1v) is 4.34. The van der Waals surface area contributed by atoms with Crippen molar-refractivity contribution in [1.82, 2.24) is 4.98 Å². The van der Waals surface area contributed by atoms with Crippen LogP contribution >= 0.6 is 0 Å². The van der Waals surface area contributed by atoms with Crippen molar-refractivity contribution in [3.05, 3.63) is 18.3 Å². The van der Waals surface area contributed by atoms with Crippen molar-refractivity contribution in [3.8, 4) is 5.75 Å². The van der Waals surface area contributed by atoms with E-state index in [2.05, 4.69) is 10.3 Å². The fourth-order valence-electron chi connectivity index (χ4n) is 0.885. The summed E-state index contributed by atoms with van der Waals surface area (Å²) in [7, 11) is 0. The molecule has 1 rings (SSSR count). The lowest BCUT2D eigenvalue weighted by Gasteiger charge is -2.09. The molecule has 6 heteroatoms. The molecule has 0 fully saturated rings. The molecule has 1 unspecified atom stereocenters. The lowest BCUT2D eigenvalue weighted by Crippen LogP contribution is -2.21. The van der Waals surface area contributed by atoms with E-state index in [1.54, 1.807) is 6.07 Å². The Morgan fingerprint density at radius 1 is 1.67 bits per heavy atom. The number of ether oxygens (including phenoxy) is 1. The van der Waals surface area contributed by atoms with Gasteiger partial charge in [0.05, 0.1) is 6.61 Å². The third-order valence-corrected chi connectivity index (χ3v) is 1.59. The van der Waals surface area contributed by atoms with Gasteiger partial charge in [-0.25, -0.2) is 4.98 Å². The van der Waals surface area contributed by atoms with Gasteiger partial charge in [0, 0.05) is 12.3 Å². The van der Waals surface area contributed by atoms with Gasteiger partial charge in [0.15, 0.2) is 0 Å². The molecule has 0 bridgehead atoms. The SMILES string of the molecule is O=CNc1cc(OCC(O)CO)ccn1. The standard InChI is InChI=1S/C9H12N2O4/c12-4-7(14)5-15-8-1-2-10-9(3-8)11-6-13/h1-3,6-7,12,14H,4-5H2,(H,10,11,13). The highest BCUT2D eigenvalue weighted by Crippen LogP contribution is 2.13. The van der Waals surface area contributed by atoms with Gasteiger partial charge in [0.2, 0.25) is 6.41 Å². The summed E-state index contributed by atoms with van der Waals surface area (Å²) in [6.45, 7) is -0.369. The number of nitrogens with zero attached hydrogens (tertiary/aromatic N) is 1. The number of aliphatic hydroxyl groups is 2. The van der Waals surface area contributed by atoms with Gasteiger partial charge < -0.3 is 20.3 Å². The van der Waals surface area contributed by atoms with Crippen LogP contribution in [0.2, 0.25) is 0 Å². The van der Waals surface area contributed by atoms with E-state index in [0.717, 1.165) is 0 Å². The molecule has 0 aromatic carbocycles. The van der Waals surface area contributed by atoms with Crippen LogP contribution in [0.15, 0.2) is 18.3 Å². The molecule has 1 amide bonds. The number of amides is 1. The van der Waals surface area contributed by atoms with Crippen molar-refractivity contribution in [2.75, 3.05) is 18.5 Å². The molecule has 3 N–H and O–H groups in total. The topological polar surface area (TPSA) is 91.7 Å². The van der Waals surface area contributed by atoms with E-state index in [4.69, 9.17) is 14.9 Å². The molecule has 0 aliphatic heterocycles. The van der Waals surface area contributed by atoms with Crippen LogP contribution in [0.4, 0.5) is 5.82 Å². The van der Waals surface area contributed by atoms with Gasteiger partial charge in [-0.1, -0.05) is 0 Å². The van der Waals surface area contributed by atoms with Gasteiger partial charge in [0.1, 0.15) is 24.3 Å². The Bertz CT molecular complexity index is 319. The first kappa shape index (κ1) is 11.4. The maximum absolute atomic E-state index is 10.1.